The Hall–Kier alpha value is -2.68. The minimum Gasteiger partial charge on any atom is -0.436 e. The van der Waals surface area contributed by atoms with E-state index in [4.69, 9.17) is 4.42 Å². The summed E-state index contributed by atoms with van der Waals surface area (Å²) in [6.07, 6.45) is 3.42. The summed E-state index contributed by atoms with van der Waals surface area (Å²) in [5, 5.41) is 2.39. The molecule has 0 spiro atoms. The molecule has 3 heteroatoms. The summed E-state index contributed by atoms with van der Waals surface area (Å²) in [7, 11) is 0. The zero-order valence-electron chi connectivity index (χ0n) is 10.1. The molecule has 0 amide bonds. The lowest BCUT2D eigenvalue weighted by atomic mass is 10.1. The molecule has 2 aromatic carbocycles. The number of hydrogen-bond acceptors (Lipinski definition) is 3. The highest BCUT2D eigenvalue weighted by atomic mass is 16.3. The van der Waals surface area contributed by atoms with Gasteiger partial charge in [-0.3, -0.25) is 4.98 Å². The maximum absolute atomic E-state index is 5.75. The summed E-state index contributed by atoms with van der Waals surface area (Å²) in [6, 6.07) is 16.3. The molecule has 90 valence electrons. The van der Waals surface area contributed by atoms with Crippen molar-refractivity contribution in [2.75, 3.05) is 0 Å². The number of pyridine rings is 1. The average molecular weight is 246 g/mol. The zero-order chi connectivity index (χ0) is 12.7. The van der Waals surface area contributed by atoms with Gasteiger partial charge >= 0.3 is 0 Å². The largest absolute Gasteiger partial charge is 0.436 e. The highest BCUT2D eigenvalue weighted by Crippen LogP contribution is 2.26. The average Bonchev–Trinajstić information content (AvgIpc) is 2.90. The third-order valence-corrected chi connectivity index (χ3v) is 3.19. The first-order chi connectivity index (χ1) is 9.40. The van der Waals surface area contributed by atoms with Crippen molar-refractivity contribution in [1.82, 2.24) is 9.97 Å². The summed E-state index contributed by atoms with van der Waals surface area (Å²) in [4.78, 5) is 8.51. The molecule has 0 aliphatic carbocycles. The number of aromatic nitrogens is 2. The predicted molar refractivity (Wildman–Crippen MR) is 74.7 cm³/mol. The Morgan fingerprint density at radius 1 is 0.895 bits per heavy atom. The molecule has 0 aliphatic heterocycles. The number of rotatable bonds is 1. The van der Waals surface area contributed by atoms with Crippen molar-refractivity contribution in [1.29, 1.82) is 0 Å². The van der Waals surface area contributed by atoms with Gasteiger partial charge in [-0.2, -0.15) is 0 Å². The first kappa shape index (κ1) is 10.3. The number of hydrogen-bond donors (Lipinski definition) is 0. The molecule has 0 aliphatic rings. The van der Waals surface area contributed by atoms with Crippen molar-refractivity contribution in [2.24, 2.45) is 0 Å². The Balaban J connectivity index is 1.93. The standard InChI is InChI=1S/C16H10N2O/c1-2-4-12-9-13(6-5-11(12)3-1)16-18-14-10-17-8-7-15(14)19-16/h1-10H. The van der Waals surface area contributed by atoms with Gasteiger partial charge in [0.1, 0.15) is 5.52 Å². The molecule has 0 bridgehead atoms. The van der Waals surface area contributed by atoms with Gasteiger partial charge in [-0.15, -0.1) is 0 Å². The van der Waals surface area contributed by atoms with Crippen LogP contribution < -0.4 is 0 Å². The van der Waals surface area contributed by atoms with Gasteiger partial charge in [0.15, 0.2) is 5.58 Å². The zero-order valence-corrected chi connectivity index (χ0v) is 10.1. The summed E-state index contributed by atoms with van der Waals surface area (Å²) >= 11 is 0. The van der Waals surface area contributed by atoms with Crippen LogP contribution in [-0.4, -0.2) is 9.97 Å². The van der Waals surface area contributed by atoms with Crippen LogP contribution in [-0.2, 0) is 0 Å². The molecule has 2 aromatic heterocycles. The van der Waals surface area contributed by atoms with Gasteiger partial charge in [-0.25, -0.2) is 4.98 Å². The van der Waals surface area contributed by atoms with E-state index in [9.17, 15) is 0 Å². The molecule has 0 saturated carbocycles. The molecule has 0 fully saturated rings. The molecule has 0 saturated heterocycles. The van der Waals surface area contributed by atoms with Gasteiger partial charge in [0.25, 0.3) is 0 Å². The van der Waals surface area contributed by atoms with Crippen molar-refractivity contribution in [3.05, 3.63) is 60.9 Å². The van der Waals surface area contributed by atoms with E-state index in [1.165, 1.54) is 10.8 Å². The second-order valence-electron chi connectivity index (χ2n) is 4.42. The minimum absolute atomic E-state index is 0.633. The summed E-state index contributed by atoms with van der Waals surface area (Å²) in [5.74, 6) is 0.633. The van der Waals surface area contributed by atoms with E-state index < -0.39 is 0 Å². The van der Waals surface area contributed by atoms with E-state index in [0.29, 0.717) is 5.89 Å². The molecule has 0 N–H and O–H groups in total. The Morgan fingerprint density at radius 2 is 1.79 bits per heavy atom. The number of benzene rings is 2. The molecule has 0 radical (unpaired) electrons. The van der Waals surface area contributed by atoms with E-state index in [2.05, 4.69) is 34.2 Å². The van der Waals surface area contributed by atoms with Crippen LogP contribution in [0.15, 0.2) is 65.3 Å². The molecule has 19 heavy (non-hydrogen) atoms. The van der Waals surface area contributed by atoms with Crippen molar-refractivity contribution in [3.63, 3.8) is 0 Å². The van der Waals surface area contributed by atoms with Crippen LogP contribution in [0.5, 0.6) is 0 Å². The molecule has 0 unspecified atom stereocenters. The fraction of sp³-hybridized carbons (Fsp3) is 0. The molecular weight excluding hydrogens is 236 g/mol. The smallest absolute Gasteiger partial charge is 0.227 e. The van der Waals surface area contributed by atoms with E-state index >= 15 is 0 Å². The van der Waals surface area contributed by atoms with Crippen LogP contribution in [0.2, 0.25) is 0 Å². The van der Waals surface area contributed by atoms with Crippen molar-refractivity contribution in [2.45, 2.75) is 0 Å². The van der Waals surface area contributed by atoms with Gasteiger partial charge < -0.3 is 4.42 Å². The van der Waals surface area contributed by atoms with E-state index in [0.717, 1.165) is 16.7 Å². The van der Waals surface area contributed by atoms with Crippen molar-refractivity contribution < 1.29 is 4.42 Å². The highest BCUT2D eigenvalue weighted by molar-refractivity contribution is 5.87. The lowest BCUT2D eigenvalue weighted by Gasteiger charge is -1.99. The van der Waals surface area contributed by atoms with Crippen LogP contribution >= 0.6 is 0 Å². The summed E-state index contributed by atoms with van der Waals surface area (Å²) in [5.41, 5.74) is 2.53. The van der Waals surface area contributed by atoms with Gasteiger partial charge in [-0.05, 0) is 22.9 Å². The molecular formula is C16H10N2O. The van der Waals surface area contributed by atoms with Crippen LogP contribution in [0.25, 0.3) is 33.3 Å². The van der Waals surface area contributed by atoms with Crippen LogP contribution in [0, 0.1) is 0 Å². The second kappa shape index (κ2) is 3.92. The Morgan fingerprint density at radius 3 is 2.68 bits per heavy atom. The summed E-state index contributed by atoms with van der Waals surface area (Å²) < 4.78 is 5.75. The fourth-order valence-corrected chi connectivity index (χ4v) is 2.23. The van der Waals surface area contributed by atoms with Gasteiger partial charge in [0.2, 0.25) is 5.89 Å². The van der Waals surface area contributed by atoms with Crippen LogP contribution in [0.3, 0.4) is 0 Å². The molecule has 2 heterocycles. The van der Waals surface area contributed by atoms with E-state index in [1.807, 2.05) is 24.3 Å². The minimum atomic E-state index is 0.633. The van der Waals surface area contributed by atoms with Crippen molar-refractivity contribution in [3.8, 4) is 11.5 Å². The molecule has 4 aromatic rings. The molecule has 4 rings (SSSR count). The lowest BCUT2D eigenvalue weighted by molar-refractivity contribution is 0.620. The van der Waals surface area contributed by atoms with E-state index in [-0.39, 0.29) is 0 Å². The number of fused-ring (bicyclic) bond motifs is 2. The Bertz CT molecular complexity index is 847. The maximum atomic E-state index is 5.75. The number of oxazole rings is 1. The predicted octanol–water partition coefficient (Wildman–Crippen LogP) is 4.04. The third-order valence-electron chi connectivity index (χ3n) is 3.19. The third kappa shape index (κ3) is 1.67. The first-order valence-corrected chi connectivity index (χ1v) is 6.10. The normalized spacial score (nSPS) is 11.2. The Labute approximate surface area is 109 Å². The topological polar surface area (TPSA) is 38.9 Å². The second-order valence-corrected chi connectivity index (χ2v) is 4.42. The first-order valence-electron chi connectivity index (χ1n) is 6.10. The van der Waals surface area contributed by atoms with Gasteiger partial charge in [0, 0.05) is 17.8 Å². The molecule has 3 nitrogen and oxygen atoms in total. The Kier molecular flexibility index (Phi) is 2.12. The molecule has 0 atom stereocenters. The van der Waals surface area contributed by atoms with Gasteiger partial charge in [0.05, 0.1) is 6.20 Å². The van der Waals surface area contributed by atoms with Crippen LogP contribution in [0.4, 0.5) is 0 Å². The highest BCUT2D eigenvalue weighted by Gasteiger charge is 2.08. The van der Waals surface area contributed by atoms with Crippen LogP contribution in [0.1, 0.15) is 0 Å². The lowest BCUT2D eigenvalue weighted by Crippen LogP contribution is -1.78. The number of nitrogens with zero attached hydrogens (tertiary/aromatic N) is 2. The fourth-order valence-electron chi connectivity index (χ4n) is 2.23. The SMILES string of the molecule is c1ccc2cc(-c3nc4cnccc4o3)ccc2c1. The maximum Gasteiger partial charge on any atom is 0.227 e. The quantitative estimate of drug-likeness (QED) is 0.508. The monoisotopic (exact) mass is 246 g/mol. The van der Waals surface area contributed by atoms with E-state index in [1.54, 1.807) is 12.4 Å². The van der Waals surface area contributed by atoms with Gasteiger partial charge in [-0.1, -0.05) is 30.3 Å². The van der Waals surface area contributed by atoms with Crippen molar-refractivity contribution >= 4 is 21.9 Å². The summed E-state index contributed by atoms with van der Waals surface area (Å²) in [6.45, 7) is 0.